The van der Waals surface area contributed by atoms with Crippen LogP contribution in [0.25, 0.3) is 0 Å². The Morgan fingerprint density at radius 2 is 1.93 bits per heavy atom. The fraction of sp³-hybridized carbons (Fsp3) is 0.667. The van der Waals surface area contributed by atoms with Gasteiger partial charge in [-0.2, -0.15) is 0 Å². The average molecular weight is 378 g/mol. The standard InChI is InChI=1S/C21H35N3O3/c1-3-22-21(23-13-4-6-18-7-9-19(25)10-8-18)24-14-11-20(12-15-24)27-17-5-16-26-2/h7-10,20,25H,3-6,11-17H2,1-2H3,(H,22,23). The van der Waals surface area contributed by atoms with Crippen molar-refractivity contribution in [3.8, 4) is 5.75 Å². The number of methoxy groups -OCH3 is 1. The summed E-state index contributed by atoms with van der Waals surface area (Å²) in [7, 11) is 1.73. The molecule has 0 amide bonds. The van der Waals surface area contributed by atoms with Gasteiger partial charge in [0.2, 0.25) is 0 Å². The Balaban J connectivity index is 1.72. The predicted molar refractivity (Wildman–Crippen MR) is 109 cm³/mol. The second-order valence-corrected chi connectivity index (χ2v) is 6.91. The molecule has 0 radical (unpaired) electrons. The van der Waals surface area contributed by atoms with Crippen molar-refractivity contribution in [2.45, 2.75) is 45.1 Å². The van der Waals surface area contributed by atoms with E-state index in [4.69, 9.17) is 14.5 Å². The number of benzene rings is 1. The highest BCUT2D eigenvalue weighted by atomic mass is 16.5. The van der Waals surface area contributed by atoms with Crippen LogP contribution in [0.15, 0.2) is 29.3 Å². The quantitative estimate of drug-likeness (QED) is 0.373. The summed E-state index contributed by atoms with van der Waals surface area (Å²) >= 11 is 0. The first-order chi connectivity index (χ1) is 13.2. The zero-order valence-electron chi connectivity index (χ0n) is 16.8. The predicted octanol–water partition coefficient (Wildman–Crippen LogP) is 2.81. The lowest BCUT2D eigenvalue weighted by molar-refractivity contribution is 0.00990. The van der Waals surface area contributed by atoms with Crippen molar-refractivity contribution in [1.29, 1.82) is 0 Å². The van der Waals surface area contributed by atoms with Gasteiger partial charge in [-0.1, -0.05) is 12.1 Å². The lowest BCUT2D eigenvalue weighted by Gasteiger charge is -2.34. The number of likely N-dealkylation sites (tertiary alicyclic amines) is 1. The van der Waals surface area contributed by atoms with Crippen molar-refractivity contribution in [2.75, 3.05) is 46.5 Å². The molecule has 1 aromatic rings. The van der Waals surface area contributed by atoms with Gasteiger partial charge < -0.3 is 24.8 Å². The highest BCUT2D eigenvalue weighted by Gasteiger charge is 2.21. The minimum absolute atomic E-state index is 0.317. The molecule has 27 heavy (non-hydrogen) atoms. The molecule has 1 aromatic carbocycles. The molecule has 0 bridgehead atoms. The second-order valence-electron chi connectivity index (χ2n) is 6.91. The molecule has 1 saturated heterocycles. The number of nitrogens with zero attached hydrogens (tertiary/aromatic N) is 2. The van der Waals surface area contributed by atoms with Crippen LogP contribution in [0.1, 0.15) is 38.2 Å². The molecule has 0 aromatic heterocycles. The second kappa shape index (κ2) is 12.6. The largest absolute Gasteiger partial charge is 0.508 e. The summed E-state index contributed by atoms with van der Waals surface area (Å²) in [4.78, 5) is 7.15. The van der Waals surface area contributed by atoms with Crippen LogP contribution in [0.2, 0.25) is 0 Å². The summed E-state index contributed by atoms with van der Waals surface area (Å²) < 4.78 is 11.0. The number of nitrogens with one attached hydrogen (secondary N) is 1. The molecule has 1 aliphatic rings. The molecule has 152 valence electrons. The Labute approximate surface area is 163 Å². The van der Waals surface area contributed by atoms with Crippen molar-refractivity contribution < 1.29 is 14.6 Å². The molecular weight excluding hydrogens is 342 g/mol. The van der Waals surface area contributed by atoms with E-state index in [1.54, 1.807) is 19.2 Å². The highest BCUT2D eigenvalue weighted by molar-refractivity contribution is 5.80. The van der Waals surface area contributed by atoms with Gasteiger partial charge in [-0.3, -0.25) is 4.99 Å². The van der Waals surface area contributed by atoms with E-state index in [-0.39, 0.29) is 0 Å². The Hall–Kier alpha value is -1.79. The van der Waals surface area contributed by atoms with E-state index in [0.29, 0.717) is 11.9 Å². The first-order valence-electron chi connectivity index (χ1n) is 10.1. The molecule has 0 unspecified atom stereocenters. The fourth-order valence-electron chi connectivity index (χ4n) is 3.24. The van der Waals surface area contributed by atoms with Crippen LogP contribution < -0.4 is 5.32 Å². The minimum atomic E-state index is 0.317. The smallest absolute Gasteiger partial charge is 0.193 e. The summed E-state index contributed by atoms with van der Waals surface area (Å²) in [5, 5.41) is 12.8. The van der Waals surface area contributed by atoms with Gasteiger partial charge in [0.05, 0.1) is 6.10 Å². The number of hydrogen-bond donors (Lipinski definition) is 2. The molecule has 2 N–H and O–H groups in total. The molecule has 0 aliphatic carbocycles. The number of phenols is 1. The molecule has 1 heterocycles. The number of guanidine groups is 1. The number of piperidine rings is 1. The zero-order valence-corrected chi connectivity index (χ0v) is 16.8. The van der Waals surface area contributed by atoms with Crippen LogP contribution in [0.3, 0.4) is 0 Å². The van der Waals surface area contributed by atoms with Gasteiger partial charge in [-0.15, -0.1) is 0 Å². The number of ether oxygens (including phenoxy) is 2. The van der Waals surface area contributed by atoms with Gasteiger partial charge in [-0.05, 0) is 56.7 Å². The van der Waals surface area contributed by atoms with Crippen LogP contribution >= 0.6 is 0 Å². The molecule has 6 heteroatoms. The Kier molecular flexibility index (Phi) is 10.0. The molecule has 2 rings (SSSR count). The molecule has 1 aliphatic heterocycles. The van der Waals surface area contributed by atoms with Gasteiger partial charge in [0.1, 0.15) is 5.75 Å². The van der Waals surface area contributed by atoms with Gasteiger partial charge in [0.15, 0.2) is 5.96 Å². The number of rotatable bonds is 10. The van der Waals surface area contributed by atoms with Crippen molar-refractivity contribution >= 4 is 5.96 Å². The monoisotopic (exact) mass is 377 g/mol. The summed E-state index contributed by atoms with van der Waals surface area (Å²) in [6.45, 7) is 7.31. The van der Waals surface area contributed by atoms with E-state index in [0.717, 1.165) is 77.5 Å². The normalized spacial score (nSPS) is 15.9. The Bertz CT molecular complexity index is 540. The summed E-state index contributed by atoms with van der Waals surface area (Å²) in [6.07, 6.45) is 5.38. The highest BCUT2D eigenvalue weighted by Crippen LogP contribution is 2.15. The Morgan fingerprint density at radius 1 is 1.19 bits per heavy atom. The van der Waals surface area contributed by atoms with Crippen LogP contribution in [0.5, 0.6) is 5.75 Å². The van der Waals surface area contributed by atoms with Gasteiger partial charge in [0.25, 0.3) is 0 Å². The zero-order chi connectivity index (χ0) is 19.3. The third-order valence-corrected chi connectivity index (χ3v) is 4.74. The van der Waals surface area contributed by atoms with E-state index < -0.39 is 0 Å². The third-order valence-electron chi connectivity index (χ3n) is 4.74. The number of hydrogen-bond acceptors (Lipinski definition) is 4. The van der Waals surface area contributed by atoms with Crippen LogP contribution in [0, 0.1) is 0 Å². The average Bonchev–Trinajstić information content (AvgIpc) is 2.69. The number of aliphatic imine (C=N–C) groups is 1. The fourth-order valence-corrected chi connectivity index (χ4v) is 3.24. The molecule has 0 saturated carbocycles. The maximum atomic E-state index is 9.34. The summed E-state index contributed by atoms with van der Waals surface area (Å²) in [5.41, 5.74) is 1.24. The lowest BCUT2D eigenvalue weighted by atomic mass is 10.1. The van der Waals surface area contributed by atoms with E-state index in [2.05, 4.69) is 17.1 Å². The molecule has 0 atom stereocenters. The molecule has 6 nitrogen and oxygen atoms in total. The first-order valence-corrected chi connectivity index (χ1v) is 10.1. The van der Waals surface area contributed by atoms with Crippen LogP contribution in [0.4, 0.5) is 0 Å². The van der Waals surface area contributed by atoms with E-state index in [9.17, 15) is 5.11 Å². The van der Waals surface area contributed by atoms with E-state index in [1.165, 1.54) is 5.56 Å². The maximum absolute atomic E-state index is 9.34. The molecule has 0 spiro atoms. The van der Waals surface area contributed by atoms with Crippen molar-refractivity contribution in [2.24, 2.45) is 4.99 Å². The third kappa shape index (κ3) is 8.18. The maximum Gasteiger partial charge on any atom is 0.193 e. The van der Waals surface area contributed by atoms with Crippen LogP contribution in [-0.4, -0.2) is 68.6 Å². The summed E-state index contributed by atoms with van der Waals surface area (Å²) in [5.74, 6) is 1.33. The topological polar surface area (TPSA) is 66.3 Å². The van der Waals surface area contributed by atoms with Gasteiger partial charge in [-0.25, -0.2) is 0 Å². The molecule has 1 fully saturated rings. The van der Waals surface area contributed by atoms with Gasteiger partial charge in [0, 0.05) is 46.5 Å². The number of aryl methyl sites for hydroxylation is 1. The molecular formula is C21H35N3O3. The van der Waals surface area contributed by atoms with Crippen molar-refractivity contribution in [3.05, 3.63) is 29.8 Å². The first kappa shape index (κ1) is 21.5. The van der Waals surface area contributed by atoms with E-state index in [1.807, 2.05) is 12.1 Å². The summed E-state index contributed by atoms with van der Waals surface area (Å²) in [6, 6.07) is 7.43. The van der Waals surface area contributed by atoms with Gasteiger partial charge >= 0.3 is 0 Å². The van der Waals surface area contributed by atoms with Crippen molar-refractivity contribution in [1.82, 2.24) is 10.2 Å². The minimum Gasteiger partial charge on any atom is -0.508 e. The lowest BCUT2D eigenvalue weighted by Crippen LogP contribution is -2.47. The van der Waals surface area contributed by atoms with Crippen molar-refractivity contribution in [3.63, 3.8) is 0 Å². The van der Waals surface area contributed by atoms with Crippen LogP contribution in [-0.2, 0) is 15.9 Å². The van der Waals surface area contributed by atoms with E-state index >= 15 is 0 Å². The number of phenolic OH excluding ortho intramolecular Hbond substituents is 1. The Morgan fingerprint density at radius 3 is 2.59 bits per heavy atom. The number of aromatic hydroxyl groups is 1. The SMILES string of the molecule is CCNC(=NCCCc1ccc(O)cc1)N1CCC(OCCCOC)CC1.